The zero-order chi connectivity index (χ0) is 14.9. The Labute approximate surface area is 130 Å². The van der Waals surface area contributed by atoms with E-state index in [1.807, 2.05) is 54.6 Å². The van der Waals surface area contributed by atoms with Gasteiger partial charge in [-0.2, -0.15) is 0 Å². The van der Waals surface area contributed by atoms with Crippen molar-refractivity contribution in [2.24, 2.45) is 0 Å². The molecule has 0 bridgehead atoms. The maximum absolute atomic E-state index is 11.7. The van der Waals surface area contributed by atoms with Crippen LogP contribution in [0.25, 0.3) is 0 Å². The molecule has 0 spiro atoms. The highest BCUT2D eigenvalue weighted by Gasteiger charge is 2.17. The van der Waals surface area contributed by atoms with Gasteiger partial charge in [0.05, 0.1) is 13.2 Å². The molecule has 2 aromatic carbocycles. The monoisotopic (exact) mass is 323 g/mol. The van der Waals surface area contributed by atoms with Gasteiger partial charge in [0, 0.05) is 10.6 Å². The topological polar surface area (TPSA) is 35.5 Å². The molecule has 110 valence electrons. The Morgan fingerprint density at radius 1 is 0.905 bits per heavy atom. The Morgan fingerprint density at radius 3 is 2.33 bits per heavy atom. The minimum atomic E-state index is -1.68. The molecule has 0 radical (unpaired) electrons. The maximum Gasteiger partial charge on any atom is 0.512 e. The highest BCUT2D eigenvalue weighted by molar-refractivity contribution is 7.38. The van der Waals surface area contributed by atoms with Crippen LogP contribution in [0.4, 0.5) is 0 Å². The summed E-state index contributed by atoms with van der Waals surface area (Å²) in [5, 5.41) is 0.708. The zero-order valence-corrected chi connectivity index (χ0v) is 13.2. The molecule has 0 saturated carbocycles. The van der Waals surface area contributed by atoms with Crippen molar-refractivity contribution >= 4 is 19.6 Å². The summed E-state index contributed by atoms with van der Waals surface area (Å²) >= 11 is 5.80. The molecule has 0 aliphatic rings. The van der Waals surface area contributed by atoms with Gasteiger partial charge in [-0.25, -0.2) is 0 Å². The molecule has 0 aromatic heterocycles. The molecule has 0 aliphatic heterocycles. The summed E-state index contributed by atoms with van der Waals surface area (Å²) in [6, 6.07) is 17.1. The van der Waals surface area contributed by atoms with Crippen LogP contribution in [-0.2, 0) is 26.6 Å². The van der Waals surface area contributed by atoms with Gasteiger partial charge in [-0.05, 0) is 22.3 Å². The van der Waals surface area contributed by atoms with E-state index >= 15 is 0 Å². The molecule has 2 aromatic rings. The fourth-order valence-corrected chi connectivity index (χ4v) is 2.75. The molecule has 5 heteroatoms. The molecular formula is C16H17ClO3P+. The van der Waals surface area contributed by atoms with E-state index in [9.17, 15) is 4.57 Å². The lowest BCUT2D eigenvalue weighted by Crippen LogP contribution is -2.01. The van der Waals surface area contributed by atoms with Gasteiger partial charge in [0.15, 0.2) is 0 Å². The van der Waals surface area contributed by atoms with Gasteiger partial charge in [0.25, 0.3) is 0 Å². The Kier molecular flexibility index (Phi) is 6.84. The summed E-state index contributed by atoms with van der Waals surface area (Å²) in [4.78, 5) is 0. The number of halogens is 1. The summed E-state index contributed by atoms with van der Waals surface area (Å²) in [5.41, 5.74) is 2.06. The number of benzene rings is 2. The van der Waals surface area contributed by atoms with Crippen LogP contribution in [0.1, 0.15) is 11.1 Å². The van der Waals surface area contributed by atoms with Crippen molar-refractivity contribution < 1.29 is 13.8 Å². The predicted molar refractivity (Wildman–Crippen MR) is 84.8 cm³/mol. The van der Waals surface area contributed by atoms with E-state index in [4.69, 9.17) is 20.9 Å². The quantitative estimate of drug-likeness (QED) is 0.516. The smallest absolute Gasteiger partial charge is 0.374 e. The van der Waals surface area contributed by atoms with Gasteiger partial charge >= 0.3 is 8.03 Å². The summed E-state index contributed by atoms with van der Waals surface area (Å²) < 4.78 is 22.5. The van der Waals surface area contributed by atoms with Crippen molar-refractivity contribution in [2.45, 2.75) is 12.8 Å². The Hall–Kier alpha value is -1.25. The molecule has 0 saturated heterocycles. The van der Waals surface area contributed by atoms with E-state index in [-0.39, 0.29) is 0 Å². The zero-order valence-electron chi connectivity index (χ0n) is 11.6. The molecule has 0 amide bonds. The molecule has 1 unspecified atom stereocenters. The lowest BCUT2D eigenvalue weighted by atomic mass is 10.2. The fourth-order valence-electron chi connectivity index (χ4n) is 1.75. The number of ether oxygens (including phenoxy) is 1. The molecule has 0 aliphatic carbocycles. The van der Waals surface area contributed by atoms with E-state index < -0.39 is 8.03 Å². The highest BCUT2D eigenvalue weighted by atomic mass is 35.5. The van der Waals surface area contributed by atoms with Crippen LogP contribution in [0.5, 0.6) is 0 Å². The van der Waals surface area contributed by atoms with E-state index in [1.54, 1.807) is 0 Å². The van der Waals surface area contributed by atoms with Crippen LogP contribution in [0.3, 0.4) is 0 Å². The average Bonchev–Trinajstić information content (AvgIpc) is 2.50. The maximum atomic E-state index is 11.7. The van der Waals surface area contributed by atoms with Crippen LogP contribution in [0, 0.1) is 0 Å². The fraction of sp³-hybridized carbons (Fsp3) is 0.250. The average molecular weight is 324 g/mol. The van der Waals surface area contributed by atoms with Gasteiger partial charge in [-0.15, -0.1) is 4.52 Å². The molecule has 0 fully saturated rings. The summed E-state index contributed by atoms with van der Waals surface area (Å²) in [6.07, 6.45) is 0.438. The van der Waals surface area contributed by atoms with Crippen LogP contribution in [-0.4, -0.2) is 13.2 Å². The van der Waals surface area contributed by atoms with Crippen molar-refractivity contribution in [1.82, 2.24) is 0 Å². The molecule has 2 rings (SSSR count). The molecule has 1 atom stereocenters. The summed E-state index contributed by atoms with van der Waals surface area (Å²) in [5.74, 6) is 0. The van der Waals surface area contributed by atoms with E-state index in [0.717, 1.165) is 11.1 Å². The van der Waals surface area contributed by atoms with Crippen molar-refractivity contribution in [1.29, 1.82) is 0 Å². The number of hydrogen-bond donors (Lipinski definition) is 0. The van der Waals surface area contributed by atoms with Crippen LogP contribution in [0.15, 0.2) is 54.6 Å². The van der Waals surface area contributed by atoms with Gasteiger partial charge < -0.3 is 4.74 Å². The highest BCUT2D eigenvalue weighted by Crippen LogP contribution is 2.27. The first kappa shape index (κ1) is 16.1. The second-order valence-electron chi connectivity index (χ2n) is 4.49. The van der Waals surface area contributed by atoms with Gasteiger partial charge in [-0.1, -0.05) is 54.1 Å². The minimum absolute atomic E-state index is 0.329. The van der Waals surface area contributed by atoms with Gasteiger partial charge in [0.2, 0.25) is 6.16 Å². The standard InChI is InChI=1S/C16H17ClO3P/c17-16-8-6-14(7-9-16)12-19-10-11-20-21(18)13-15-4-2-1-3-5-15/h1-9H,10-13H2/q+1. The van der Waals surface area contributed by atoms with Crippen LogP contribution >= 0.6 is 19.6 Å². The third-order valence-corrected chi connectivity index (χ3v) is 4.15. The van der Waals surface area contributed by atoms with E-state index in [0.29, 0.717) is 31.0 Å². The third-order valence-electron chi connectivity index (χ3n) is 2.80. The van der Waals surface area contributed by atoms with Gasteiger partial charge in [-0.3, -0.25) is 0 Å². The molecule has 0 heterocycles. The van der Waals surface area contributed by atoms with Crippen molar-refractivity contribution in [3.8, 4) is 0 Å². The Bertz CT molecular complexity index is 557. The number of hydrogen-bond acceptors (Lipinski definition) is 3. The second-order valence-corrected chi connectivity index (χ2v) is 6.17. The Morgan fingerprint density at radius 2 is 1.62 bits per heavy atom. The van der Waals surface area contributed by atoms with Crippen molar-refractivity contribution in [3.05, 3.63) is 70.7 Å². The second kappa shape index (κ2) is 8.91. The van der Waals surface area contributed by atoms with E-state index in [2.05, 4.69) is 0 Å². The molecular weight excluding hydrogens is 307 g/mol. The lowest BCUT2D eigenvalue weighted by molar-refractivity contribution is 0.0913. The third kappa shape index (κ3) is 6.36. The van der Waals surface area contributed by atoms with Crippen molar-refractivity contribution in [3.63, 3.8) is 0 Å². The summed E-state index contributed by atoms with van der Waals surface area (Å²) in [6.45, 7) is 1.24. The first-order valence-electron chi connectivity index (χ1n) is 6.68. The van der Waals surface area contributed by atoms with Crippen molar-refractivity contribution in [2.75, 3.05) is 13.2 Å². The first-order valence-corrected chi connectivity index (χ1v) is 8.42. The molecule has 21 heavy (non-hydrogen) atoms. The summed E-state index contributed by atoms with van der Waals surface area (Å²) in [7, 11) is -1.68. The molecule has 0 N–H and O–H groups in total. The number of rotatable bonds is 8. The Balaban J connectivity index is 1.59. The van der Waals surface area contributed by atoms with Gasteiger partial charge in [0.1, 0.15) is 6.61 Å². The minimum Gasteiger partial charge on any atom is -0.374 e. The first-order chi connectivity index (χ1) is 10.2. The molecule has 3 nitrogen and oxygen atoms in total. The van der Waals surface area contributed by atoms with Crippen LogP contribution < -0.4 is 0 Å². The van der Waals surface area contributed by atoms with Crippen LogP contribution in [0.2, 0.25) is 5.02 Å². The lowest BCUT2D eigenvalue weighted by Gasteiger charge is -2.02. The largest absolute Gasteiger partial charge is 0.512 e. The SMILES string of the molecule is O=[P+](Cc1ccccc1)OCCOCc1ccc(Cl)cc1. The predicted octanol–water partition coefficient (Wildman–Crippen LogP) is 4.82. The van der Waals surface area contributed by atoms with E-state index in [1.165, 1.54) is 0 Å². The normalized spacial score (nSPS) is 11.4.